The number of benzene rings is 1. The fourth-order valence-corrected chi connectivity index (χ4v) is 1.96. The number of carbonyl (C=O) groups excluding carboxylic acids is 1. The van der Waals surface area contributed by atoms with Gasteiger partial charge >= 0.3 is 0 Å². The van der Waals surface area contributed by atoms with E-state index in [0.717, 1.165) is 0 Å². The Morgan fingerprint density at radius 1 is 1.38 bits per heavy atom. The Morgan fingerprint density at radius 2 is 1.92 bits per heavy atom. The first-order chi connectivity index (χ1) is 6.10. The molecule has 0 saturated carbocycles. The second-order valence-electron chi connectivity index (χ2n) is 3.56. The summed E-state index contributed by atoms with van der Waals surface area (Å²) in [5.41, 5.74) is 1.06. The summed E-state index contributed by atoms with van der Waals surface area (Å²) in [5, 5.41) is 2.91. The van der Waals surface area contributed by atoms with Crippen LogP contribution in [-0.2, 0) is 10.3 Å². The molecule has 1 heterocycles. The standard InChI is InChI=1S/C10H10INO/c1-10(6-9(13)12-10)7-2-4-8(11)5-3-7/h2-5H,6H2,1H3,(H,12,13). The van der Waals surface area contributed by atoms with E-state index in [1.807, 2.05) is 0 Å². The molecule has 1 atom stereocenters. The largest absolute Gasteiger partial charge is 0.346 e. The third kappa shape index (κ3) is 1.57. The Balaban J connectivity index is 2.26. The molecule has 1 saturated heterocycles. The SMILES string of the molecule is CC1(c2ccc(I)cc2)CC(=O)N1. The highest BCUT2D eigenvalue weighted by molar-refractivity contribution is 14.1. The van der Waals surface area contributed by atoms with E-state index in [2.05, 4.69) is 59.1 Å². The summed E-state index contributed by atoms with van der Waals surface area (Å²) in [6, 6.07) is 8.26. The predicted octanol–water partition coefficient (Wildman–Crippen LogP) is 2.03. The van der Waals surface area contributed by atoms with Gasteiger partial charge in [0.1, 0.15) is 0 Å². The van der Waals surface area contributed by atoms with E-state index in [1.165, 1.54) is 9.13 Å². The van der Waals surface area contributed by atoms with Gasteiger partial charge in [-0.05, 0) is 47.2 Å². The zero-order valence-electron chi connectivity index (χ0n) is 7.30. The Bertz CT molecular complexity index is 336. The molecule has 1 fully saturated rings. The van der Waals surface area contributed by atoms with Gasteiger partial charge < -0.3 is 5.32 Å². The summed E-state index contributed by atoms with van der Waals surface area (Å²) in [6.07, 6.45) is 0.605. The van der Waals surface area contributed by atoms with Gasteiger partial charge in [-0.2, -0.15) is 0 Å². The van der Waals surface area contributed by atoms with Crippen molar-refractivity contribution >= 4 is 28.5 Å². The Labute approximate surface area is 90.9 Å². The van der Waals surface area contributed by atoms with E-state index in [9.17, 15) is 4.79 Å². The maximum Gasteiger partial charge on any atom is 0.223 e. The molecule has 1 aromatic rings. The van der Waals surface area contributed by atoms with E-state index < -0.39 is 0 Å². The molecule has 1 aliphatic rings. The molecule has 13 heavy (non-hydrogen) atoms. The molecule has 3 heteroatoms. The van der Waals surface area contributed by atoms with Crippen molar-refractivity contribution in [2.75, 3.05) is 0 Å². The third-order valence-electron chi connectivity index (χ3n) is 2.41. The van der Waals surface area contributed by atoms with Crippen molar-refractivity contribution in [3.05, 3.63) is 33.4 Å². The van der Waals surface area contributed by atoms with E-state index >= 15 is 0 Å². The zero-order chi connectivity index (χ0) is 9.47. The van der Waals surface area contributed by atoms with Crippen LogP contribution < -0.4 is 5.32 Å². The van der Waals surface area contributed by atoms with Crippen LogP contribution in [0, 0.1) is 3.57 Å². The van der Waals surface area contributed by atoms with Gasteiger partial charge in [0.25, 0.3) is 0 Å². The number of rotatable bonds is 1. The van der Waals surface area contributed by atoms with Crippen molar-refractivity contribution in [2.45, 2.75) is 18.9 Å². The lowest BCUT2D eigenvalue weighted by molar-refractivity contribution is -0.132. The minimum absolute atomic E-state index is 0.124. The van der Waals surface area contributed by atoms with Crippen molar-refractivity contribution in [3.8, 4) is 0 Å². The maximum atomic E-state index is 10.8. The molecule has 2 rings (SSSR count). The highest BCUT2D eigenvalue weighted by atomic mass is 127. The molecule has 0 aliphatic carbocycles. The van der Waals surface area contributed by atoms with Gasteiger partial charge in [-0.15, -0.1) is 0 Å². The van der Waals surface area contributed by atoms with Crippen LogP contribution in [0.2, 0.25) is 0 Å². The van der Waals surface area contributed by atoms with Crippen molar-refractivity contribution in [1.82, 2.24) is 5.32 Å². The van der Waals surface area contributed by atoms with E-state index in [0.29, 0.717) is 6.42 Å². The summed E-state index contributed by atoms with van der Waals surface area (Å²) in [5.74, 6) is 0.140. The van der Waals surface area contributed by atoms with Crippen molar-refractivity contribution in [3.63, 3.8) is 0 Å². The summed E-state index contributed by atoms with van der Waals surface area (Å²) < 4.78 is 1.22. The molecule has 68 valence electrons. The Morgan fingerprint density at radius 3 is 2.38 bits per heavy atom. The lowest BCUT2D eigenvalue weighted by Gasteiger charge is -2.39. The first-order valence-corrected chi connectivity index (χ1v) is 5.25. The van der Waals surface area contributed by atoms with Crippen molar-refractivity contribution in [1.29, 1.82) is 0 Å². The van der Waals surface area contributed by atoms with Crippen LogP contribution in [0.1, 0.15) is 18.9 Å². The highest BCUT2D eigenvalue weighted by Crippen LogP contribution is 2.31. The van der Waals surface area contributed by atoms with E-state index in [1.54, 1.807) is 0 Å². The van der Waals surface area contributed by atoms with Gasteiger partial charge in [-0.1, -0.05) is 12.1 Å². The number of carbonyl (C=O) groups is 1. The van der Waals surface area contributed by atoms with E-state index in [-0.39, 0.29) is 11.4 Å². The Kier molecular flexibility index (Phi) is 2.06. The second kappa shape index (κ2) is 2.97. The van der Waals surface area contributed by atoms with Crippen LogP contribution in [-0.4, -0.2) is 5.91 Å². The van der Waals surface area contributed by atoms with Crippen LogP contribution in [0.25, 0.3) is 0 Å². The average molecular weight is 287 g/mol. The molecule has 1 amide bonds. The number of nitrogens with one attached hydrogen (secondary N) is 1. The molecule has 1 aliphatic heterocycles. The van der Waals surface area contributed by atoms with Crippen molar-refractivity contribution in [2.24, 2.45) is 0 Å². The third-order valence-corrected chi connectivity index (χ3v) is 3.13. The molecular weight excluding hydrogens is 277 g/mol. The average Bonchev–Trinajstić information content (AvgIpc) is 2.03. The first-order valence-electron chi connectivity index (χ1n) is 4.17. The molecule has 0 aromatic heterocycles. The normalized spacial score (nSPS) is 26.5. The maximum absolute atomic E-state index is 10.8. The second-order valence-corrected chi connectivity index (χ2v) is 4.81. The van der Waals surface area contributed by atoms with Gasteiger partial charge in [-0.3, -0.25) is 4.79 Å². The minimum Gasteiger partial charge on any atom is -0.346 e. The summed E-state index contributed by atoms with van der Waals surface area (Å²) in [4.78, 5) is 10.8. The molecule has 0 bridgehead atoms. The quantitative estimate of drug-likeness (QED) is 0.621. The van der Waals surface area contributed by atoms with Crippen molar-refractivity contribution < 1.29 is 4.79 Å². The van der Waals surface area contributed by atoms with Gasteiger partial charge in [0.2, 0.25) is 5.91 Å². The monoisotopic (exact) mass is 287 g/mol. The van der Waals surface area contributed by atoms with Gasteiger partial charge in [0, 0.05) is 3.57 Å². The molecule has 2 nitrogen and oxygen atoms in total. The first kappa shape index (κ1) is 8.99. The summed E-state index contributed by atoms with van der Waals surface area (Å²) in [7, 11) is 0. The van der Waals surface area contributed by atoms with E-state index in [4.69, 9.17) is 0 Å². The molecule has 0 radical (unpaired) electrons. The molecule has 1 unspecified atom stereocenters. The van der Waals surface area contributed by atoms with Crippen LogP contribution in [0.3, 0.4) is 0 Å². The lowest BCUT2D eigenvalue weighted by atomic mass is 9.82. The number of amides is 1. The molecular formula is C10H10INO. The summed E-state index contributed by atoms with van der Waals surface area (Å²) in [6.45, 7) is 2.05. The minimum atomic E-state index is -0.124. The van der Waals surface area contributed by atoms with Crippen LogP contribution >= 0.6 is 22.6 Å². The smallest absolute Gasteiger partial charge is 0.223 e. The molecule has 1 N–H and O–H groups in total. The molecule has 0 spiro atoms. The fourth-order valence-electron chi connectivity index (χ4n) is 1.60. The number of β-lactam (4-membered cyclic amide) rings is 1. The van der Waals surface area contributed by atoms with Gasteiger partial charge in [-0.25, -0.2) is 0 Å². The summed E-state index contributed by atoms with van der Waals surface area (Å²) >= 11 is 2.27. The number of hydrogen-bond donors (Lipinski definition) is 1. The molecule has 1 aromatic carbocycles. The zero-order valence-corrected chi connectivity index (χ0v) is 9.46. The van der Waals surface area contributed by atoms with Crippen LogP contribution in [0.15, 0.2) is 24.3 Å². The lowest BCUT2D eigenvalue weighted by Crippen LogP contribution is -2.56. The number of halogens is 1. The number of hydrogen-bond acceptors (Lipinski definition) is 1. The van der Waals surface area contributed by atoms with Gasteiger partial charge in [0.15, 0.2) is 0 Å². The predicted molar refractivity (Wildman–Crippen MR) is 59.3 cm³/mol. The van der Waals surface area contributed by atoms with Crippen LogP contribution in [0.5, 0.6) is 0 Å². The van der Waals surface area contributed by atoms with Gasteiger partial charge in [0.05, 0.1) is 12.0 Å². The topological polar surface area (TPSA) is 29.1 Å². The Hall–Kier alpha value is -0.580. The highest BCUT2D eigenvalue weighted by Gasteiger charge is 2.39. The van der Waals surface area contributed by atoms with Crippen LogP contribution in [0.4, 0.5) is 0 Å². The fraction of sp³-hybridized carbons (Fsp3) is 0.300.